The van der Waals surface area contributed by atoms with Gasteiger partial charge >= 0.3 is 0 Å². The Kier molecular flexibility index (Phi) is 4.67. The fourth-order valence-electron chi connectivity index (χ4n) is 2.24. The molecule has 1 heterocycles. The van der Waals surface area contributed by atoms with E-state index in [1.165, 1.54) is 12.5 Å². The number of carbonyl (C=O) groups is 1. The summed E-state index contributed by atoms with van der Waals surface area (Å²) in [5.41, 5.74) is 0.545. The zero-order chi connectivity index (χ0) is 13.1. The fourth-order valence-corrected chi connectivity index (χ4v) is 3.16. The maximum absolute atomic E-state index is 12.4. The summed E-state index contributed by atoms with van der Waals surface area (Å²) in [6.45, 7) is 0.798. The van der Waals surface area contributed by atoms with E-state index in [1.54, 1.807) is 12.1 Å². The van der Waals surface area contributed by atoms with Crippen molar-refractivity contribution in [2.75, 3.05) is 11.9 Å². The van der Waals surface area contributed by atoms with Crippen molar-refractivity contribution in [2.45, 2.75) is 25.3 Å². The topological polar surface area (TPSA) is 40.5 Å². The van der Waals surface area contributed by atoms with Crippen LogP contribution in [0.2, 0.25) is 0 Å². The molecule has 98 valence electrons. The average Bonchev–Trinajstić information content (AvgIpc) is 2.41. The number of piperidine rings is 1. The Bertz CT molecular complexity index is 451. The van der Waals surface area contributed by atoms with Gasteiger partial charge in [0.1, 0.15) is 5.75 Å². The standard InChI is InChI=1S/C13H15Br2NO2/c14-8-10-3-1-2-6-16(10)13(18)9-4-5-11(15)12(17)7-9/h4-5,7,10,17H,1-3,6,8H2. The van der Waals surface area contributed by atoms with E-state index in [2.05, 4.69) is 31.9 Å². The number of phenolic OH excluding ortho intramolecular Hbond substituents is 1. The Balaban J connectivity index is 2.21. The lowest BCUT2D eigenvalue weighted by atomic mass is 10.0. The number of alkyl halides is 1. The summed E-state index contributed by atoms with van der Waals surface area (Å²) in [4.78, 5) is 14.3. The number of benzene rings is 1. The number of rotatable bonds is 2. The van der Waals surface area contributed by atoms with Gasteiger partial charge in [0.25, 0.3) is 5.91 Å². The van der Waals surface area contributed by atoms with Crippen LogP contribution in [-0.2, 0) is 0 Å². The molecule has 1 N–H and O–H groups in total. The van der Waals surface area contributed by atoms with E-state index in [4.69, 9.17) is 0 Å². The van der Waals surface area contributed by atoms with Crippen molar-refractivity contribution in [2.24, 2.45) is 0 Å². The highest BCUT2D eigenvalue weighted by Crippen LogP contribution is 2.27. The Morgan fingerprint density at radius 1 is 1.44 bits per heavy atom. The molecule has 1 aromatic carbocycles. The molecular weight excluding hydrogens is 362 g/mol. The van der Waals surface area contributed by atoms with Crippen LogP contribution in [-0.4, -0.2) is 33.8 Å². The van der Waals surface area contributed by atoms with Crippen LogP contribution < -0.4 is 0 Å². The highest BCUT2D eigenvalue weighted by Gasteiger charge is 2.26. The minimum absolute atomic E-state index is 0.00181. The van der Waals surface area contributed by atoms with Crippen LogP contribution >= 0.6 is 31.9 Å². The highest BCUT2D eigenvalue weighted by molar-refractivity contribution is 9.10. The number of phenols is 1. The minimum Gasteiger partial charge on any atom is -0.507 e. The van der Waals surface area contributed by atoms with E-state index in [0.717, 1.165) is 24.7 Å². The lowest BCUT2D eigenvalue weighted by Crippen LogP contribution is -2.44. The van der Waals surface area contributed by atoms with Gasteiger partial charge < -0.3 is 10.0 Å². The van der Waals surface area contributed by atoms with Crippen molar-refractivity contribution in [3.8, 4) is 5.75 Å². The third kappa shape index (κ3) is 2.88. The third-order valence-corrected chi connectivity index (χ3v) is 4.68. The number of carbonyl (C=O) groups excluding carboxylic acids is 1. The molecule has 1 fully saturated rings. The first-order chi connectivity index (χ1) is 8.63. The van der Waals surface area contributed by atoms with Gasteiger partial charge in [-0.15, -0.1) is 0 Å². The molecular formula is C13H15Br2NO2. The first-order valence-electron chi connectivity index (χ1n) is 5.99. The largest absolute Gasteiger partial charge is 0.507 e. The van der Waals surface area contributed by atoms with Crippen LogP contribution in [0.1, 0.15) is 29.6 Å². The summed E-state index contributed by atoms with van der Waals surface area (Å²) in [6, 6.07) is 5.23. The molecule has 1 aliphatic rings. The Morgan fingerprint density at radius 2 is 2.22 bits per heavy atom. The summed E-state index contributed by atoms with van der Waals surface area (Å²) in [6.07, 6.45) is 3.27. The van der Waals surface area contributed by atoms with Crippen molar-refractivity contribution < 1.29 is 9.90 Å². The van der Waals surface area contributed by atoms with Crippen molar-refractivity contribution in [1.29, 1.82) is 0 Å². The fraction of sp³-hybridized carbons (Fsp3) is 0.462. The number of nitrogens with zero attached hydrogens (tertiary/aromatic N) is 1. The van der Waals surface area contributed by atoms with Crippen LogP contribution in [0.4, 0.5) is 0 Å². The molecule has 18 heavy (non-hydrogen) atoms. The smallest absolute Gasteiger partial charge is 0.254 e. The SMILES string of the molecule is O=C(c1ccc(Br)c(O)c1)N1CCCCC1CBr. The molecule has 0 saturated carbocycles. The van der Waals surface area contributed by atoms with Crippen LogP contribution in [0.25, 0.3) is 0 Å². The molecule has 2 rings (SSSR count). The molecule has 0 bridgehead atoms. The van der Waals surface area contributed by atoms with Crippen molar-refractivity contribution in [3.05, 3.63) is 28.2 Å². The second-order valence-electron chi connectivity index (χ2n) is 4.47. The van der Waals surface area contributed by atoms with E-state index < -0.39 is 0 Å². The van der Waals surface area contributed by atoms with Gasteiger partial charge in [-0.25, -0.2) is 0 Å². The van der Waals surface area contributed by atoms with E-state index in [0.29, 0.717) is 10.0 Å². The van der Waals surface area contributed by atoms with E-state index >= 15 is 0 Å². The maximum Gasteiger partial charge on any atom is 0.254 e. The van der Waals surface area contributed by atoms with Crippen LogP contribution in [0, 0.1) is 0 Å². The summed E-state index contributed by atoms with van der Waals surface area (Å²) >= 11 is 6.69. The molecule has 1 amide bonds. The molecule has 1 unspecified atom stereocenters. The molecule has 0 aromatic heterocycles. The van der Waals surface area contributed by atoms with Gasteiger partial charge in [-0.05, 0) is 53.4 Å². The maximum atomic E-state index is 12.4. The second-order valence-corrected chi connectivity index (χ2v) is 5.97. The number of halogens is 2. The van der Waals surface area contributed by atoms with Gasteiger partial charge in [0.05, 0.1) is 4.47 Å². The monoisotopic (exact) mass is 375 g/mol. The van der Waals surface area contributed by atoms with Gasteiger partial charge in [-0.1, -0.05) is 15.9 Å². The lowest BCUT2D eigenvalue weighted by Gasteiger charge is -2.34. The first kappa shape index (κ1) is 13.9. The lowest BCUT2D eigenvalue weighted by molar-refractivity contribution is 0.0641. The van der Waals surface area contributed by atoms with Gasteiger partial charge in [0.15, 0.2) is 0 Å². The molecule has 1 aromatic rings. The average molecular weight is 377 g/mol. The normalized spacial score (nSPS) is 19.9. The number of amides is 1. The van der Waals surface area contributed by atoms with Crippen LogP contribution in [0.5, 0.6) is 5.75 Å². The van der Waals surface area contributed by atoms with E-state index in [1.807, 2.05) is 4.90 Å². The molecule has 0 spiro atoms. The molecule has 1 atom stereocenters. The molecule has 0 radical (unpaired) electrons. The molecule has 3 nitrogen and oxygen atoms in total. The van der Waals surface area contributed by atoms with E-state index in [9.17, 15) is 9.90 Å². The van der Waals surface area contributed by atoms with Crippen molar-refractivity contribution in [3.63, 3.8) is 0 Å². The number of likely N-dealkylation sites (tertiary alicyclic amines) is 1. The van der Waals surface area contributed by atoms with E-state index in [-0.39, 0.29) is 17.7 Å². The molecule has 0 aliphatic carbocycles. The summed E-state index contributed by atoms with van der Waals surface area (Å²) in [5, 5.41) is 10.5. The van der Waals surface area contributed by atoms with Crippen LogP contribution in [0.3, 0.4) is 0 Å². The first-order valence-corrected chi connectivity index (χ1v) is 7.90. The van der Waals surface area contributed by atoms with Gasteiger partial charge in [-0.2, -0.15) is 0 Å². The van der Waals surface area contributed by atoms with Crippen molar-refractivity contribution >= 4 is 37.8 Å². The van der Waals surface area contributed by atoms with Gasteiger partial charge in [0.2, 0.25) is 0 Å². The summed E-state index contributed by atoms with van der Waals surface area (Å²) in [7, 11) is 0. The summed E-state index contributed by atoms with van der Waals surface area (Å²) in [5.74, 6) is 0.107. The van der Waals surface area contributed by atoms with Gasteiger partial charge in [0, 0.05) is 23.5 Å². The molecule has 1 saturated heterocycles. The highest BCUT2D eigenvalue weighted by atomic mass is 79.9. The number of hydrogen-bond donors (Lipinski definition) is 1. The predicted molar refractivity (Wildman–Crippen MR) is 78.3 cm³/mol. The Labute approximate surface area is 123 Å². The zero-order valence-corrected chi connectivity index (χ0v) is 13.1. The Hall–Kier alpha value is -0.550. The third-order valence-electron chi connectivity index (χ3n) is 3.26. The second kappa shape index (κ2) is 6.06. The van der Waals surface area contributed by atoms with Crippen LogP contribution in [0.15, 0.2) is 22.7 Å². The zero-order valence-electron chi connectivity index (χ0n) is 9.90. The summed E-state index contributed by atoms with van der Waals surface area (Å²) < 4.78 is 0.606. The number of hydrogen-bond acceptors (Lipinski definition) is 2. The molecule has 1 aliphatic heterocycles. The quantitative estimate of drug-likeness (QED) is 0.802. The van der Waals surface area contributed by atoms with Crippen molar-refractivity contribution in [1.82, 2.24) is 4.90 Å². The van der Waals surface area contributed by atoms with Gasteiger partial charge in [-0.3, -0.25) is 4.79 Å². The minimum atomic E-state index is 0.00181. The molecule has 5 heteroatoms. The Morgan fingerprint density at radius 3 is 2.89 bits per heavy atom. The predicted octanol–water partition coefficient (Wildman–Crippen LogP) is 3.54. The number of aromatic hydroxyl groups is 1.